The van der Waals surface area contributed by atoms with Crippen molar-refractivity contribution in [1.82, 2.24) is 4.72 Å². The zero-order valence-corrected chi connectivity index (χ0v) is 18.3. The van der Waals surface area contributed by atoms with Gasteiger partial charge in [-0.3, -0.25) is 4.79 Å². The molecule has 3 aromatic rings. The van der Waals surface area contributed by atoms with Gasteiger partial charge in [-0.2, -0.15) is 0 Å². The van der Waals surface area contributed by atoms with Gasteiger partial charge in [-0.25, -0.2) is 21.9 Å². The average molecular weight is 477 g/mol. The second-order valence-electron chi connectivity index (χ2n) is 7.52. The monoisotopic (exact) mass is 476 g/mol. The number of fused-ring (bicyclic) bond motifs is 1. The Hall–Kier alpha value is -2.81. The summed E-state index contributed by atoms with van der Waals surface area (Å²) in [7, 11) is -3.74. The van der Waals surface area contributed by atoms with Gasteiger partial charge in [0.1, 0.15) is 11.6 Å². The van der Waals surface area contributed by atoms with Crippen LogP contribution in [0.5, 0.6) is 0 Å². The maximum absolute atomic E-state index is 14.7. The second kappa shape index (κ2) is 8.97. The third-order valence-corrected chi connectivity index (χ3v) is 6.93. The quantitative estimate of drug-likeness (QED) is 0.527. The van der Waals surface area contributed by atoms with E-state index in [4.69, 9.17) is 11.6 Å². The van der Waals surface area contributed by atoms with E-state index >= 15 is 0 Å². The number of halogens is 3. The molecule has 1 aliphatic rings. The summed E-state index contributed by atoms with van der Waals surface area (Å²) in [5.74, 6) is -1.94. The number of benzene rings is 3. The zero-order valence-electron chi connectivity index (χ0n) is 16.7. The Balaban J connectivity index is 1.57. The Labute approximate surface area is 189 Å². The van der Waals surface area contributed by atoms with Crippen molar-refractivity contribution in [3.05, 3.63) is 99.6 Å². The van der Waals surface area contributed by atoms with Crippen LogP contribution in [0.2, 0.25) is 5.02 Å². The van der Waals surface area contributed by atoms with Crippen LogP contribution < -0.4 is 10.0 Å². The van der Waals surface area contributed by atoms with E-state index in [9.17, 15) is 22.0 Å². The van der Waals surface area contributed by atoms with Crippen molar-refractivity contribution in [3.8, 4) is 0 Å². The molecule has 0 spiro atoms. The molecular weight excluding hydrogens is 458 g/mol. The molecule has 1 atom stereocenters. The van der Waals surface area contributed by atoms with Crippen molar-refractivity contribution in [3.63, 3.8) is 0 Å². The summed E-state index contributed by atoms with van der Waals surface area (Å²) in [5, 5.41) is 2.48. The number of carbonyl (C=O) groups is 1. The van der Waals surface area contributed by atoms with Crippen LogP contribution in [0, 0.1) is 11.6 Å². The summed E-state index contributed by atoms with van der Waals surface area (Å²) < 4.78 is 55.9. The first-order valence-corrected chi connectivity index (χ1v) is 11.9. The first kappa shape index (κ1) is 22.4. The van der Waals surface area contributed by atoms with Crippen LogP contribution in [0.15, 0.2) is 60.7 Å². The van der Waals surface area contributed by atoms with Crippen LogP contribution in [0.1, 0.15) is 39.5 Å². The lowest BCUT2D eigenvalue weighted by Crippen LogP contribution is -2.29. The SMILES string of the molecule is O=C(Nc1ccc(F)c(Cl)c1)c1ccc(F)c2c1CCC2NS(=O)(=O)Cc1ccccc1. The van der Waals surface area contributed by atoms with E-state index < -0.39 is 33.6 Å². The van der Waals surface area contributed by atoms with E-state index in [2.05, 4.69) is 10.0 Å². The van der Waals surface area contributed by atoms with E-state index in [0.717, 1.165) is 12.1 Å². The van der Waals surface area contributed by atoms with Crippen LogP contribution in [0.3, 0.4) is 0 Å². The minimum absolute atomic E-state index is 0.139. The molecule has 0 aromatic heterocycles. The molecule has 5 nitrogen and oxygen atoms in total. The summed E-state index contributed by atoms with van der Waals surface area (Å²) in [4.78, 5) is 12.8. The molecule has 1 aliphatic carbocycles. The molecule has 1 unspecified atom stereocenters. The number of anilines is 1. The second-order valence-corrected chi connectivity index (χ2v) is 9.69. The number of amides is 1. The fraction of sp³-hybridized carbons (Fsp3) is 0.174. The number of nitrogens with one attached hydrogen (secondary N) is 2. The standard InChI is InChI=1S/C23H19ClF2N2O3S/c24-18-12-15(6-9-19(18)25)27-23(29)17-7-10-20(26)22-16(17)8-11-21(22)28-32(30,31)13-14-4-2-1-3-5-14/h1-7,9-10,12,21,28H,8,11,13H2,(H,27,29). The third kappa shape index (κ3) is 4.82. The molecule has 9 heteroatoms. The highest BCUT2D eigenvalue weighted by Crippen LogP contribution is 2.36. The first-order valence-electron chi connectivity index (χ1n) is 9.85. The number of hydrogen-bond donors (Lipinski definition) is 2. The molecule has 0 heterocycles. The van der Waals surface area contributed by atoms with Crippen molar-refractivity contribution in [2.24, 2.45) is 0 Å². The molecule has 0 saturated heterocycles. The molecule has 0 saturated carbocycles. The van der Waals surface area contributed by atoms with Crippen molar-refractivity contribution in [2.45, 2.75) is 24.6 Å². The maximum Gasteiger partial charge on any atom is 0.255 e. The Kier molecular flexibility index (Phi) is 6.28. The van der Waals surface area contributed by atoms with Crippen molar-refractivity contribution >= 4 is 33.2 Å². The molecular formula is C23H19ClF2N2O3S. The molecule has 1 amide bonds. The average Bonchev–Trinajstić information content (AvgIpc) is 3.15. The van der Waals surface area contributed by atoms with Crippen molar-refractivity contribution in [2.75, 3.05) is 5.32 Å². The lowest BCUT2D eigenvalue weighted by atomic mass is 10.0. The molecule has 0 radical (unpaired) electrons. The van der Waals surface area contributed by atoms with Gasteiger partial charge < -0.3 is 5.32 Å². The predicted octanol–water partition coefficient (Wildman–Crippen LogP) is 4.98. The van der Waals surface area contributed by atoms with Gasteiger partial charge in [0.25, 0.3) is 5.91 Å². The topological polar surface area (TPSA) is 75.3 Å². The van der Waals surface area contributed by atoms with Crippen molar-refractivity contribution < 1.29 is 22.0 Å². The van der Waals surface area contributed by atoms with Crippen LogP contribution in [-0.4, -0.2) is 14.3 Å². The van der Waals surface area contributed by atoms with Crippen LogP contribution in [-0.2, 0) is 22.2 Å². The lowest BCUT2D eigenvalue weighted by molar-refractivity contribution is 0.102. The smallest absolute Gasteiger partial charge is 0.255 e. The number of hydrogen-bond acceptors (Lipinski definition) is 3. The van der Waals surface area contributed by atoms with E-state index in [1.54, 1.807) is 30.3 Å². The van der Waals surface area contributed by atoms with Gasteiger partial charge in [0, 0.05) is 16.8 Å². The summed E-state index contributed by atoms with van der Waals surface area (Å²) in [6, 6.07) is 14.2. The van der Waals surface area contributed by atoms with E-state index in [1.807, 2.05) is 0 Å². The van der Waals surface area contributed by atoms with Gasteiger partial charge in [-0.1, -0.05) is 41.9 Å². The molecule has 3 aromatic carbocycles. The number of carbonyl (C=O) groups excluding carboxylic acids is 1. The Morgan fingerprint density at radius 1 is 1.03 bits per heavy atom. The molecule has 32 heavy (non-hydrogen) atoms. The first-order chi connectivity index (χ1) is 15.2. The van der Waals surface area contributed by atoms with E-state index in [0.29, 0.717) is 24.0 Å². The third-order valence-electron chi connectivity index (χ3n) is 5.28. The summed E-state index contributed by atoms with van der Waals surface area (Å²) in [6.45, 7) is 0. The van der Waals surface area contributed by atoms with Gasteiger partial charge >= 0.3 is 0 Å². The minimum Gasteiger partial charge on any atom is -0.322 e. The maximum atomic E-state index is 14.7. The Morgan fingerprint density at radius 2 is 1.75 bits per heavy atom. The van der Waals surface area contributed by atoms with Gasteiger partial charge in [-0.15, -0.1) is 0 Å². The van der Waals surface area contributed by atoms with Crippen LogP contribution in [0.25, 0.3) is 0 Å². The Morgan fingerprint density at radius 3 is 2.47 bits per heavy atom. The molecule has 0 aliphatic heterocycles. The molecule has 2 N–H and O–H groups in total. The molecule has 4 rings (SSSR count). The van der Waals surface area contributed by atoms with Gasteiger partial charge in [0.2, 0.25) is 10.0 Å². The predicted molar refractivity (Wildman–Crippen MR) is 119 cm³/mol. The van der Waals surface area contributed by atoms with Crippen molar-refractivity contribution in [1.29, 1.82) is 0 Å². The highest BCUT2D eigenvalue weighted by Gasteiger charge is 2.32. The highest BCUT2D eigenvalue weighted by atomic mass is 35.5. The molecule has 0 fully saturated rings. The Bertz CT molecular complexity index is 1280. The summed E-state index contributed by atoms with van der Waals surface area (Å²) >= 11 is 5.76. The van der Waals surface area contributed by atoms with Gasteiger partial charge in [0.05, 0.1) is 16.8 Å². The van der Waals surface area contributed by atoms with Gasteiger partial charge in [-0.05, 0) is 54.3 Å². The molecule has 166 valence electrons. The highest BCUT2D eigenvalue weighted by molar-refractivity contribution is 7.88. The number of rotatable bonds is 6. The van der Waals surface area contributed by atoms with Gasteiger partial charge in [0.15, 0.2) is 0 Å². The van der Waals surface area contributed by atoms with E-state index in [1.165, 1.54) is 18.2 Å². The largest absolute Gasteiger partial charge is 0.322 e. The molecule has 0 bridgehead atoms. The fourth-order valence-corrected chi connectivity index (χ4v) is 5.43. The summed E-state index contributed by atoms with van der Waals surface area (Å²) in [5.41, 5.74) is 1.75. The zero-order chi connectivity index (χ0) is 22.9. The minimum atomic E-state index is -3.74. The van der Waals surface area contributed by atoms with E-state index in [-0.39, 0.29) is 27.6 Å². The lowest BCUT2D eigenvalue weighted by Gasteiger charge is -2.16. The summed E-state index contributed by atoms with van der Waals surface area (Å²) in [6.07, 6.45) is 0.658. The van der Waals surface area contributed by atoms with Crippen LogP contribution in [0.4, 0.5) is 14.5 Å². The fourth-order valence-electron chi connectivity index (χ4n) is 3.87. The normalized spacial score (nSPS) is 15.4. The number of sulfonamides is 1. The van der Waals surface area contributed by atoms with Crippen LogP contribution >= 0.6 is 11.6 Å².